The molecule has 0 saturated carbocycles. The van der Waals surface area contributed by atoms with Crippen LogP contribution in [0.1, 0.15) is 16.1 Å². The van der Waals surface area contributed by atoms with Crippen molar-refractivity contribution >= 4 is 27.6 Å². The summed E-state index contributed by atoms with van der Waals surface area (Å²) >= 11 is 0. The van der Waals surface area contributed by atoms with Crippen LogP contribution in [0.25, 0.3) is 21.7 Å². The van der Waals surface area contributed by atoms with E-state index in [1.807, 2.05) is 66.7 Å². The van der Waals surface area contributed by atoms with Crippen LogP contribution in [0.4, 0.5) is 0 Å². The lowest BCUT2D eigenvalue weighted by Gasteiger charge is -2.05. The van der Waals surface area contributed by atoms with Crippen LogP contribution in [0.2, 0.25) is 0 Å². The van der Waals surface area contributed by atoms with Crippen molar-refractivity contribution in [1.82, 2.24) is 5.32 Å². The minimum Gasteiger partial charge on any atom is -0.451 e. The van der Waals surface area contributed by atoms with E-state index in [0.717, 1.165) is 21.7 Å². The summed E-state index contributed by atoms with van der Waals surface area (Å²) < 4.78 is 11.3. The smallest absolute Gasteiger partial charge is 0.287 e. The Morgan fingerprint density at radius 1 is 0.923 bits per heavy atom. The molecule has 1 heterocycles. The Morgan fingerprint density at radius 2 is 1.73 bits per heavy atom. The van der Waals surface area contributed by atoms with Gasteiger partial charge in [-0.25, -0.2) is 0 Å². The van der Waals surface area contributed by atoms with E-state index in [1.54, 1.807) is 6.07 Å². The van der Waals surface area contributed by atoms with Gasteiger partial charge in [-0.05, 0) is 28.5 Å². The fourth-order valence-corrected chi connectivity index (χ4v) is 2.99. The summed E-state index contributed by atoms with van der Waals surface area (Å²) in [5, 5.41) is 6.00. The van der Waals surface area contributed by atoms with Crippen molar-refractivity contribution in [2.24, 2.45) is 0 Å². The van der Waals surface area contributed by atoms with Crippen LogP contribution < -0.4 is 5.32 Å². The van der Waals surface area contributed by atoms with Gasteiger partial charge in [-0.2, -0.15) is 0 Å². The van der Waals surface area contributed by atoms with E-state index < -0.39 is 0 Å². The zero-order valence-corrected chi connectivity index (χ0v) is 14.3. The number of ether oxygens (including phenoxy) is 1. The van der Waals surface area contributed by atoms with Crippen LogP contribution in [0.5, 0.6) is 0 Å². The SMILES string of the molecule is O=C(NCCOCc1ccccc1)c1cc2c(ccc3ccccc32)o1. The molecule has 4 aromatic rings. The predicted molar refractivity (Wildman–Crippen MR) is 102 cm³/mol. The molecule has 1 aromatic heterocycles. The number of furan rings is 1. The van der Waals surface area contributed by atoms with Gasteiger partial charge in [0, 0.05) is 11.9 Å². The lowest BCUT2D eigenvalue weighted by molar-refractivity contribution is 0.0877. The number of fused-ring (bicyclic) bond motifs is 3. The molecule has 130 valence electrons. The van der Waals surface area contributed by atoms with Crippen LogP contribution in [-0.4, -0.2) is 19.1 Å². The summed E-state index contributed by atoms with van der Waals surface area (Å²) in [6, 6.07) is 23.7. The molecular weight excluding hydrogens is 326 g/mol. The summed E-state index contributed by atoms with van der Waals surface area (Å²) in [7, 11) is 0. The maximum atomic E-state index is 12.3. The van der Waals surface area contributed by atoms with Gasteiger partial charge in [0.2, 0.25) is 0 Å². The molecule has 1 N–H and O–H groups in total. The molecule has 0 aliphatic rings. The first-order chi connectivity index (χ1) is 12.8. The fraction of sp³-hybridized carbons (Fsp3) is 0.136. The molecular formula is C22H19NO3. The second-order valence-corrected chi connectivity index (χ2v) is 6.10. The molecule has 1 amide bonds. The quantitative estimate of drug-likeness (QED) is 0.522. The van der Waals surface area contributed by atoms with Gasteiger partial charge in [-0.1, -0.05) is 60.7 Å². The Bertz CT molecular complexity index is 1040. The minimum atomic E-state index is -0.228. The zero-order chi connectivity index (χ0) is 17.8. The monoisotopic (exact) mass is 345 g/mol. The van der Waals surface area contributed by atoms with E-state index in [1.165, 1.54) is 0 Å². The first-order valence-electron chi connectivity index (χ1n) is 8.62. The van der Waals surface area contributed by atoms with Gasteiger partial charge in [-0.15, -0.1) is 0 Å². The van der Waals surface area contributed by atoms with Gasteiger partial charge in [0.15, 0.2) is 5.76 Å². The summed E-state index contributed by atoms with van der Waals surface area (Å²) in [4.78, 5) is 12.3. The van der Waals surface area contributed by atoms with Crippen molar-refractivity contribution < 1.29 is 13.9 Å². The minimum absolute atomic E-state index is 0.228. The summed E-state index contributed by atoms with van der Waals surface area (Å²) in [5.74, 6) is 0.0907. The van der Waals surface area contributed by atoms with Gasteiger partial charge in [0.05, 0.1) is 13.2 Å². The molecule has 26 heavy (non-hydrogen) atoms. The molecule has 4 rings (SSSR count). The predicted octanol–water partition coefficient (Wildman–Crippen LogP) is 4.53. The topological polar surface area (TPSA) is 51.5 Å². The van der Waals surface area contributed by atoms with Crippen LogP contribution in [-0.2, 0) is 11.3 Å². The first-order valence-corrected chi connectivity index (χ1v) is 8.62. The van der Waals surface area contributed by atoms with Crippen LogP contribution in [0.3, 0.4) is 0 Å². The summed E-state index contributed by atoms with van der Waals surface area (Å²) in [5.41, 5.74) is 1.83. The normalized spacial score (nSPS) is 11.1. The van der Waals surface area contributed by atoms with Crippen molar-refractivity contribution in [3.05, 3.63) is 84.1 Å². The average molecular weight is 345 g/mol. The third kappa shape index (κ3) is 3.46. The maximum Gasteiger partial charge on any atom is 0.287 e. The lowest BCUT2D eigenvalue weighted by Crippen LogP contribution is -2.26. The number of hydrogen-bond acceptors (Lipinski definition) is 3. The highest BCUT2D eigenvalue weighted by atomic mass is 16.5. The first kappa shape index (κ1) is 16.4. The van der Waals surface area contributed by atoms with Gasteiger partial charge < -0.3 is 14.5 Å². The van der Waals surface area contributed by atoms with E-state index in [0.29, 0.717) is 31.1 Å². The fourth-order valence-electron chi connectivity index (χ4n) is 2.99. The van der Waals surface area contributed by atoms with E-state index in [9.17, 15) is 4.79 Å². The highest BCUT2D eigenvalue weighted by Crippen LogP contribution is 2.28. The number of carbonyl (C=O) groups is 1. The lowest BCUT2D eigenvalue weighted by atomic mass is 10.1. The summed E-state index contributed by atoms with van der Waals surface area (Å²) in [6.07, 6.45) is 0. The highest BCUT2D eigenvalue weighted by molar-refractivity contribution is 6.08. The van der Waals surface area contributed by atoms with Gasteiger partial charge >= 0.3 is 0 Å². The molecule has 0 saturated heterocycles. The second kappa shape index (κ2) is 7.42. The molecule has 0 radical (unpaired) electrons. The van der Waals surface area contributed by atoms with E-state index >= 15 is 0 Å². The van der Waals surface area contributed by atoms with Crippen LogP contribution in [0, 0.1) is 0 Å². The van der Waals surface area contributed by atoms with Crippen LogP contribution >= 0.6 is 0 Å². The molecule has 4 heteroatoms. The van der Waals surface area contributed by atoms with Crippen LogP contribution in [0.15, 0.2) is 77.2 Å². The molecule has 0 fully saturated rings. The Hall–Kier alpha value is -3.11. The van der Waals surface area contributed by atoms with Crippen molar-refractivity contribution in [1.29, 1.82) is 0 Å². The number of hydrogen-bond donors (Lipinski definition) is 1. The zero-order valence-electron chi connectivity index (χ0n) is 14.3. The average Bonchev–Trinajstić information content (AvgIpc) is 3.13. The third-order valence-corrected chi connectivity index (χ3v) is 4.29. The number of carbonyl (C=O) groups excluding carboxylic acids is 1. The molecule has 0 aliphatic carbocycles. The van der Waals surface area contributed by atoms with Gasteiger partial charge in [-0.3, -0.25) is 4.79 Å². The molecule has 0 unspecified atom stereocenters. The van der Waals surface area contributed by atoms with E-state index in [2.05, 4.69) is 5.32 Å². The molecule has 0 bridgehead atoms. The largest absolute Gasteiger partial charge is 0.451 e. The Kier molecular flexibility index (Phi) is 4.67. The molecule has 0 atom stereocenters. The second-order valence-electron chi connectivity index (χ2n) is 6.10. The Morgan fingerprint density at radius 3 is 2.62 bits per heavy atom. The van der Waals surface area contributed by atoms with Crippen molar-refractivity contribution in [3.63, 3.8) is 0 Å². The summed E-state index contributed by atoms with van der Waals surface area (Å²) in [6.45, 7) is 1.42. The molecule has 0 spiro atoms. The number of rotatable bonds is 6. The Balaban J connectivity index is 1.36. The van der Waals surface area contributed by atoms with E-state index in [-0.39, 0.29) is 5.91 Å². The molecule has 4 nitrogen and oxygen atoms in total. The standard InChI is InChI=1S/C22H19NO3/c24-22(23-12-13-25-15-16-6-2-1-3-7-16)21-14-19-18-9-5-4-8-17(18)10-11-20(19)26-21/h1-11,14H,12-13,15H2,(H,23,24). The van der Waals surface area contributed by atoms with Gasteiger partial charge in [0.1, 0.15) is 5.58 Å². The Labute approximate surface area is 151 Å². The molecule has 0 aliphatic heterocycles. The van der Waals surface area contributed by atoms with Crippen molar-refractivity contribution in [2.45, 2.75) is 6.61 Å². The van der Waals surface area contributed by atoms with Gasteiger partial charge in [0.25, 0.3) is 5.91 Å². The highest BCUT2D eigenvalue weighted by Gasteiger charge is 2.13. The maximum absolute atomic E-state index is 12.3. The van der Waals surface area contributed by atoms with Crippen molar-refractivity contribution in [3.8, 4) is 0 Å². The third-order valence-electron chi connectivity index (χ3n) is 4.29. The van der Waals surface area contributed by atoms with Crippen molar-refractivity contribution in [2.75, 3.05) is 13.2 Å². The number of amides is 1. The van der Waals surface area contributed by atoms with E-state index in [4.69, 9.17) is 9.15 Å². The number of benzene rings is 3. The molecule has 3 aromatic carbocycles. The number of nitrogens with one attached hydrogen (secondary N) is 1.